The van der Waals surface area contributed by atoms with E-state index >= 15 is 0 Å². The fraction of sp³-hybridized carbons (Fsp3) is 0.737. The molecule has 0 spiro atoms. The molecule has 1 aliphatic carbocycles. The molecule has 0 bridgehead atoms. The average Bonchev–Trinajstić information content (AvgIpc) is 3.08. The molecule has 0 aliphatic heterocycles. The first-order valence-electron chi connectivity index (χ1n) is 9.72. The van der Waals surface area contributed by atoms with E-state index in [4.69, 9.17) is 20.3 Å². The lowest BCUT2D eigenvalue weighted by Gasteiger charge is -2.24. The van der Waals surface area contributed by atoms with Gasteiger partial charge in [-0.3, -0.25) is 9.36 Å². The highest BCUT2D eigenvalue weighted by Gasteiger charge is 2.24. The highest BCUT2D eigenvalue weighted by Crippen LogP contribution is 2.37. The van der Waals surface area contributed by atoms with Crippen LogP contribution in [0.25, 0.3) is 0 Å². The zero-order valence-corrected chi connectivity index (χ0v) is 17.8. The standard InChI is InChI=1S/C19H32NO5PS/c1-19(20,12-14-26(22,23)24)11-9-16-7-8-18(27-16)17(21)10-13-25-15-5-3-2-4-6-15/h7-8,15H,2-6,9-14,20H2,1H3,(H2,22,23,24). The molecule has 27 heavy (non-hydrogen) atoms. The second-order valence-electron chi connectivity index (χ2n) is 7.86. The minimum Gasteiger partial charge on any atom is -0.378 e. The van der Waals surface area contributed by atoms with E-state index in [-0.39, 0.29) is 18.4 Å². The first kappa shape index (κ1) is 22.7. The fourth-order valence-corrected chi connectivity index (χ4v) is 5.05. The van der Waals surface area contributed by atoms with Crippen molar-refractivity contribution < 1.29 is 23.9 Å². The van der Waals surface area contributed by atoms with Crippen LogP contribution in [0.1, 0.15) is 72.8 Å². The van der Waals surface area contributed by atoms with Crippen LogP contribution in [-0.4, -0.2) is 40.0 Å². The number of ketones is 1. The molecule has 8 heteroatoms. The van der Waals surface area contributed by atoms with Gasteiger partial charge in [0.25, 0.3) is 0 Å². The summed E-state index contributed by atoms with van der Waals surface area (Å²) in [6.45, 7) is 2.30. The third-order valence-electron chi connectivity index (χ3n) is 5.09. The van der Waals surface area contributed by atoms with Gasteiger partial charge in [0.2, 0.25) is 0 Å². The van der Waals surface area contributed by atoms with Gasteiger partial charge >= 0.3 is 7.60 Å². The summed E-state index contributed by atoms with van der Waals surface area (Å²) >= 11 is 1.48. The molecule has 1 atom stereocenters. The Balaban J connectivity index is 1.73. The highest BCUT2D eigenvalue weighted by molar-refractivity contribution is 7.51. The van der Waals surface area contributed by atoms with E-state index in [0.29, 0.717) is 32.0 Å². The molecule has 1 heterocycles. The number of aryl methyl sites for hydroxylation is 1. The number of thiophene rings is 1. The molecule has 0 amide bonds. The molecule has 2 rings (SSSR count). The highest BCUT2D eigenvalue weighted by atomic mass is 32.1. The topological polar surface area (TPSA) is 110 Å². The van der Waals surface area contributed by atoms with Crippen molar-refractivity contribution in [1.82, 2.24) is 0 Å². The van der Waals surface area contributed by atoms with Gasteiger partial charge in [-0.15, -0.1) is 11.3 Å². The summed E-state index contributed by atoms with van der Waals surface area (Å²) in [5.74, 6) is 0.110. The predicted octanol–water partition coefficient (Wildman–Crippen LogP) is 3.89. The molecule has 1 aromatic heterocycles. The molecule has 0 aromatic carbocycles. The van der Waals surface area contributed by atoms with Crippen LogP contribution in [0.15, 0.2) is 12.1 Å². The molecule has 1 unspecified atom stereocenters. The van der Waals surface area contributed by atoms with Gasteiger partial charge in [-0.2, -0.15) is 0 Å². The smallest absolute Gasteiger partial charge is 0.325 e. The van der Waals surface area contributed by atoms with E-state index < -0.39 is 13.1 Å². The maximum atomic E-state index is 12.3. The number of nitrogens with two attached hydrogens (primary N) is 1. The number of Topliss-reactive ketones (excluding diaryl/α,β-unsaturated/α-hetero) is 1. The number of carbonyl (C=O) groups is 1. The number of ether oxygens (including phenoxy) is 1. The minimum absolute atomic E-state index is 0.110. The van der Waals surface area contributed by atoms with E-state index in [1.54, 1.807) is 0 Å². The Labute approximate surface area is 165 Å². The Kier molecular flexibility index (Phi) is 8.66. The molecule has 1 fully saturated rings. The largest absolute Gasteiger partial charge is 0.378 e. The van der Waals surface area contributed by atoms with Crippen molar-refractivity contribution in [2.45, 2.75) is 76.4 Å². The summed E-state index contributed by atoms with van der Waals surface area (Å²) in [7, 11) is -4.02. The third-order valence-corrected chi connectivity index (χ3v) is 7.08. The van der Waals surface area contributed by atoms with Crippen LogP contribution in [0.4, 0.5) is 0 Å². The lowest BCUT2D eigenvalue weighted by atomic mass is 9.94. The van der Waals surface area contributed by atoms with Gasteiger partial charge in [-0.05, 0) is 51.2 Å². The molecule has 1 aliphatic rings. The summed E-state index contributed by atoms with van der Waals surface area (Å²) in [5.41, 5.74) is 5.52. The second kappa shape index (κ2) is 10.3. The maximum Gasteiger partial charge on any atom is 0.325 e. The summed E-state index contributed by atoms with van der Waals surface area (Å²) in [5, 5.41) is 0. The van der Waals surface area contributed by atoms with Crippen molar-refractivity contribution in [1.29, 1.82) is 0 Å². The molecular formula is C19H32NO5PS. The zero-order valence-electron chi connectivity index (χ0n) is 16.1. The first-order chi connectivity index (χ1) is 12.6. The SMILES string of the molecule is CC(N)(CCc1ccc(C(=O)CCOC2CCCCC2)s1)CCP(=O)(O)O. The molecule has 6 nitrogen and oxygen atoms in total. The Morgan fingerprint density at radius 2 is 2.00 bits per heavy atom. The van der Waals surface area contributed by atoms with Crippen LogP contribution in [0.5, 0.6) is 0 Å². The van der Waals surface area contributed by atoms with Gasteiger partial charge in [-0.1, -0.05) is 19.3 Å². The van der Waals surface area contributed by atoms with Crippen LogP contribution in [0.3, 0.4) is 0 Å². The molecular weight excluding hydrogens is 385 g/mol. The number of carbonyl (C=O) groups excluding carboxylic acids is 1. The Morgan fingerprint density at radius 1 is 1.30 bits per heavy atom. The summed E-state index contributed by atoms with van der Waals surface area (Å²) in [6.07, 6.45) is 8.07. The monoisotopic (exact) mass is 417 g/mol. The molecule has 4 N–H and O–H groups in total. The van der Waals surface area contributed by atoms with Gasteiger partial charge in [0.15, 0.2) is 5.78 Å². The maximum absolute atomic E-state index is 12.3. The summed E-state index contributed by atoms with van der Waals surface area (Å²) in [4.78, 5) is 32.1. The minimum atomic E-state index is -4.02. The number of hydrogen-bond donors (Lipinski definition) is 3. The van der Waals surface area contributed by atoms with Crippen LogP contribution in [0, 0.1) is 0 Å². The predicted molar refractivity (Wildman–Crippen MR) is 109 cm³/mol. The van der Waals surface area contributed by atoms with Crippen molar-refractivity contribution in [3.05, 3.63) is 21.9 Å². The van der Waals surface area contributed by atoms with E-state index in [1.807, 2.05) is 19.1 Å². The van der Waals surface area contributed by atoms with Crippen LogP contribution in [0.2, 0.25) is 0 Å². The van der Waals surface area contributed by atoms with Gasteiger partial charge in [-0.25, -0.2) is 0 Å². The second-order valence-corrected chi connectivity index (χ2v) is 10.8. The molecule has 1 saturated carbocycles. The normalized spacial score (nSPS) is 18.4. The van der Waals surface area contributed by atoms with Crippen molar-refractivity contribution in [2.24, 2.45) is 5.73 Å². The molecule has 1 aromatic rings. The van der Waals surface area contributed by atoms with Crippen molar-refractivity contribution >= 4 is 24.7 Å². The lowest BCUT2D eigenvalue weighted by molar-refractivity contribution is 0.0273. The van der Waals surface area contributed by atoms with Gasteiger partial charge < -0.3 is 20.3 Å². The molecule has 0 saturated heterocycles. The third kappa shape index (κ3) is 8.99. The van der Waals surface area contributed by atoms with E-state index in [2.05, 4.69) is 0 Å². The van der Waals surface area contributed by atoms with Gasteiger partial charge in [0.05, 0.1) is 23.7 Å². The Morgan fingerprint density at radius 3 is 2.67 bits per heavy atom. The fourth-order valence-electron chi connectivity index (χ4n) is 3.27. The van der Waals surface area contributed by atoms with Crippen molar-refractivity contribution in [3.63, 3.8) is 0 Å². The van der Waals surface area contributed by atoms with E-state index in [0.717, 1.165) is 22.6 Å². The quantitative estimate of drug-likeness (QED) is 0.372. The number of rotatable bonds is 11. The first-order valence-corrected chi connectivity index (χ1v) is 12.3. The molecule has 154 valence electrons. The zero-order chi connectivity index (χ0) is 19.9. The van der Waals surface area contributed by atoms with Crippen LogP contribution in [-0.2, 0) is 15.7 Å². The number of hydrogen-bond acceptors (Lipinski definition) is 5. The van der Waals surface area contributed by atoms with E-state index in [1.165, 1.54) is 30.6 Å². The van der Waals surface area contributed by atoms with Gasteiger partial charge in [0, 0.05) is 16.8 Å². The van der Waals surface area contributed by atoms with Crippen LogP contribution < -0.4 is 5.73 Å². The van der Waals surface area contributed by atoms with E-state index in [9.17, 15) is 9.36 Å². The van der Waals surface area contributed by atoms with Crippen molar-refractivity contribution in [2.75, 3.05) is 12.8 Å². The summed E-state index contributed by atoms with van der Waals surface area (Å²) < 4.78 is 16.8. The van der Waals surface area contributed by atoms with Crippen molar-refractivity contribution in [3.8, 4) is 0 Å². The summed E-state index contributed by atoms with van der Waals surface area (Å²) in [6, 6.07) is 3.80. The lowest BCUT2D eigenvalue weighted by Crippen LogP contribution is -2.37. The average molecular weight is 418 g/mol. The van der Waals surface area contributed by atoms with Crippen LogP contribution >= 0.6 is 18.9 Å². The Hall–Kier alpha value is -0.560. The molecule has 0 radical (unpaired) electrons. The van der Waals surface area contributed by atoms with Gasteiger partial charge in [0.1, 0.15) is 0 Å². The Bertz CT molecular complexity index is 648.